The Morgan fingerprint density at radius 2 is 2.19 bits per heavy atom. The highest BCUT2D eigenvalue weighted by atomic mass is 15.1. The second-order valence-electron chi connectivity index (χ2n) is 3.88. The standard InChI is InChI=1S/C12H18N4/c1-9-6-14-12(10(9)2)7-13-11(3)15-8-16(4)5/h6-8,14H,2H2,1,3-5H3/b12-7+,13-11?,15-8?. The second-order valence-corrected chi connectivity index (χ2v) is 3.88. The molecule has 86 valence electrons. The Hall–Kier alpha value is -1.84. The molecule has 1 aromatic rings. The molecule has 0 saturated carbocycles. The normalized spacial score (nSPS) is 13.8. The van der Waals surface area contributed by atoms with Crippen LogP contribution in [0, 0.1) is 6.92 Å². The Labute approximate surface area is 95.7 Å². The van der Waals surface area contributed by atoms with Crippen molar-refractivity contribution in [2.45, 2.75) is 13.8 Å². The molecule has 1 heterocycles. The van der Waals surface area contributed by atoms with E-state index in [1.54, 1.807) is 12.5 Å². The van der Waals surface area contributed by atoms with E-state index in [2.05, 4.69) is 21.5 Å². The minimum atomic E-state index is 0.709. The van der Waals surface area contributed by atoms with Crippen molar-refractivity contribution in [3.8, 4) is 0 Å². The van der Waals surface area contributed by atoms with Gasteiger partial charge in [0, 0.05) is 20.3 Å². The number of hydrogen-bond donors (Lipinski definition) is 1. The van der Waals surface area contributed by atoms with Crippen LogP contribution in [-0.2, 0) is 0 Å². The van der Waals surface area contributed by atoms with Crippen molar-refractivity contribution in [2.24, 2.45) is 9.98 Å². The number of aromatic nitrogens is 1. The Morgan fingerprint density at radius 1 is 1.50 bits per heavy atom. The van der Waals surface area contributed by atoms with E-state index in [0.29, 0.717) is 5.84 Å². The maximum Gasteiger partial charge on any atom is 0.126 e. The van der Waals surface area contributed by atoms with Gasteiger partial charge in [-0.15, -0.1) is 0 Å². The molecular weight excluding hydrogens is 200 g/mol. The fourth-order valence-electron chi connectivity index (χ4n) is 1.08. The molecule has 1 N–H and O–H groups in total. The minimum absolute atomic E-state index is 0.709. The first kappa shape index (κ1) is 12.2. The lowest BCUT2D eigenvalue weighted by atomic mass is 10.3. The summed E-state index contributed by atoms with van der Waals surface area (Å²) in [5, 5.41) is 1.91. The van der Waals surface area contributed by atoms with Gasteiger partial charge in [0.15, 0.2) is 0 Å². The maximum atomic E-state index is 4.24. The van der Waals surface area contributed by atoms with Gasteiger partial charge in [-0.05, 0) is 24.6 Å². The predicted molar refractivity (Wildman–Crippen MR) is 70.1 cm³/mol. The van der Waals surface area contributed by atoms with E-state index in [1.807, 2.05) is 39.0 Å². The summed E-state index contributed by atoms with van der Waals surface area (Å²) in [6.45, 7) is 7.82. The predicted octanol–water partition coefficient (Wildman–Crippen LogP) is 0.480. The first-order valence-electron chi connectivity index (χ1n) is 5.09. The number of aromatic amines is 1. The van der Waals surface area contributed by atoms with Crippen molar-refractivity contribution >= 4 is 25.0 Å². The number of nitrogens with one attached hydrogen (secondary N) is 1. The van der Waals surface area contributed by atoms with Crippen molar-refractivity contribution < 1.29 is 0 Å². The van der Waals surface area contributed by atoms with Gasteiger partial charge >= 0.3 is 0 Å². The van der Waals surface area contributed by atoms with Crippen LogP contribution in [0.5, 0.6) is 0 Å². The summed E-state index contributed by atoms with van der Waals surface area (Å²) in [6.07, 6.45) is 5.39. The Morgan fingerprint density at radius 3 is 2.69 bits per heavy atom. The molecule has 0 aliphatic rings. The van der Waals surface area contributed by atoms with E-state index in [1.165, 1.54) is 0 Å². The average molecular weight is 218 g/mol. The summed E-state index contributed by atoms with van der Waals surface area (Å²) in [6, 6.07) is 0. The molecule has 0 bridgehead atoms. The second kappa shape index (κ2) is 5.30. The third kappa shape index (κ3) is 3.38. The zero-order chi connectivity index (χ0) is 12.1. The molecule has 0 aromatic carbocycles. The lowest BCUT2D eigenvalue weighted by Crippen LogP contribution is -2.21. The van der Waals surface area contributed by atoms with E-state index >= 15 is 0 Å². The summed E-state index contributed by atoms with van der Waals surface area (Å²) < 4.78 is 0. The molecule has 0 fully saturated rings. The van der Waals surface area contributed by atoms with Gasteiger partial charge in [0.1, 0.15) is 5.84 Å². The zero-order valence-electron chi connectivity index (χ0n) is 10.3. The molecule has 0 amide bonds. The fraction of sp³-hybridized carbons (Fsp3) is 0.333. The van der Waals surface area contributed by atoms with E-state index in [9.17, 15) is 0 Å². The molecule has 1 aromatic heterocycles. The SMILES string of the molecule is C=c1c(C)c[nH]/c1=C/N=C(C)N=CN(C)C. The van der Waals surface area contributed by atoms with Crippen molar-refractivity contribution in [3.05, 3.63) is 22.3 Å². The van der Waals surface area contributed by atoms with Gasteiger partial charge in [0.2, 0.25) is 0 Å². The van der Waals surface area contributed by atoms with E-state index in [4.69, 9.17) is 0 Å². The van der Waals surface area contributed by atoms with E-state index in [0.717, 1.165) is 16.1 Å². The Balaban J connectivity index is 2.91. The molecule has 0 aliphatic heterocycles. The highest BCUT2D eigenvalue weighted by Gasteiger charge is 1.89. The van der Waals surface area contributed by atoms with Crippen LogP contribution >= 0.6 is 0 Å². The summed E-state index contributed by atoms with van der Waals surface area (Å²) >= 11 is 0. The Kier molecular flexibility index (Phi) is 4.05. The molecule has 4 nitrogen and oxygen atoms in total. The third-order valence-electron chi connectivity index (χ3n) is 2.10. The van der Waals surface area contributed by atoms with Crippen molar-refractivity contribution in [2.75, 3.05) is 14.1 Å². The van der Waals surface area contributed by atoms with Crippen LogP contribution in [0.2, 0.25) is 0 Å². The zero-order valence-corrected chi connectivity index (χ0v) is 10.3. The maximum absolute atomic E-state index is 4.24. The number of hydrogen-bond acceptors (Lipinski definition) is 1. The molecule has 0 unspecified atom stereocenters. The number of aryl methyl sites for hydroxylation is 1. The summed E-state index contributed by atoms with van der Waals surface area (Å²) in [5.74, 6) is 0.709. The third-order valence-corrected chi connectivity index (χ3v) is 2.10. The van der Waals surface area contributed by atoms with Crippen LogP contribution in [0.1, 0.15) is 12.5 Å². The molecule has 0 radical (unpaired) electrons. The Bertz CT molecular complexity index is 506. The number of nitrogens with zero attached hydrogens (tertiary/aromatic N) is 3. The van der Waals surface area contributed by atoms with Gasteiger partial charge in [0.05, 0.1) is 17.9 Å². The summed E-state index contributed by atoms with van der Waals surface area (Å²) in [5.41, 5.74) is 1.14. The number of rotatable bonds is 2. The van der Waals surface area contributed by atoms with Gasteiger partial charge in [-0.3, -0.25) is 0 Å². The minimum Gasteiger partial charge on any atom is -0.369 e. The molecule has 0 aliphatic carbocycles. The van der Waals surface area contributed by atoms with E-state index < -0.39 is 0 Å². The highest BCUT2D eigenvalue weighted by molar-refractivity contribution is 5.88. The molecule has 1 rings (SSSR count). The number of aliphatic imine (C=N–C) groups is 2. The van der Waals surface area contributed by atoms with Crippen LogP contribution in [0.25, 0.3) is 12.8 Å². The largest absolute Gasteiger partial charge is 0.369 e. The lowest BCUT2D eigenvalue weighted by molar-refractivity contribution is 0.644. The first-order valence-corrected chi connectivity index (χ1v) is 5.09. The molecule has 16 heavy (non-hydrogen) atoms. The molecule has 4 heteroatoms. The van der Waals surface area contributed by atoms with Crippen LogP contribution in [0.15, 0.2) is 16.2 Å². The van der Waals surface area contributed by atoms with Gasteiger partial charge in [0.25, 0.3) is 0 Å². The molecular formula is C12H18N4. The smallest absolute Gasteiger partial charge is 0.126 e. The monoisotopic (exact) mass is 218 g/mol. The number of H-pyrrole nitrogens is 1. The van der Waals surface area contributed by atoms with Gasteiger partial charge in [-0.2, -0.15) is 0 Å². The molecule has 0 spiro atoms. The fourth-order valence-corrected chi connectivity index (χ4v) is 1.08. The van der Waals surface area contributed by atoms with Crippen molar-refractivity contribution in [1.82, 2.24) is 9.88 Å². The van der Waals surface area contributed by atoms with Gasteiger partial charge in [-0.25, -0.2) is 9.98 Å². The quantitative estimate of drug-likeness (QED) is 0.569. The van der Waals surface area contributed by atoms with Crippen LogP contribution in [-0.4, -0.2) is 36.2 Å². The van der Waals surface area contributed by atoms with Crippen molar-refractivity contribution in [1.29, 1.82) is 0 Å². The molecule has 0 atom stereocenters. The summed E-state index contributed by atoms with van der Waals surface area (Å²) in [7, 11) is 3.84. The van der Waals surface area contributed by atoms with Crippen molar-refractivity contribution in [3.63, 3.8) is 0 Å². The lowest BCUT2D eigenvalue weighted by Gasteiger charge is -2.00. The first-order chi connectivity index (χ1) is 7.50. The molecule has 0 saturated heterocycles. The van der Waals surface area contributed by atoms with Crippen LogP contribution in [0.4, 0.5) is 0 Å². The van der Waals surface area contributed by atoms with Gasteiger partial charge < -0.3 is 9.88 Å². The van der Waals surface area contributed by atoms with Crippen LogP contribution < -0.4 is 10.6 Å². The van der Waals surface area contributed by atoms with Crippen LogP contribution in [0.3, 0.4) is 0 Å². The number of amidine groups is 1. The topological polar surface area (TPSA) is 43.8 Å². The van der Waals surface area contributed by atoms with E-state index in [-0.39, 0.29) is 0 Å². The average Bonchev–Trinajstić information content (AvgIpc) is 2.54. The highest BCUT2D eigenvalue weighted by Crippen LogP contribution is 1.82. The van der Waals surface area contributed by atoms with Gasteiger partial charge in [-0.1, -0.05) is 6.58 Å². The summed E-state index contributed by atoms with van der Waals surface area (Å²) in [4.78, 5) is 13.4.